The Balaban J connectivity index is 1.97. The average Bonchev–Trinajstić information content (AvgIpc) is 2.89. The highest BCUT2D eigenvalue weighted by Crippen LogP contribution is 2.18. The molecule has 1 aromatic rings. The maximum Gasteiger partial charge on any atom is 0.253 e. The van der Waals surface area contributed by atoms with Gasteiger partial charge in [-0.25, -0.2) is 0 Å². The summed E-state index contributed by atoms with van der Waals surface area (Å²) in [6.45, 7) is 5.71. The molecule has 1 aliphatic rings. The van der Waals surface area contributed by atoms with Crippen LogP contribution in [0.1, 0.15) is 85.9 Å². The fourth-order valence-corrected chi connectivity index (χ4v) is 3.49. The van der Waals surface area contributed by atoms with Crippen LogP contribution >= 0.6 is 0 Å². The molecule has 138 valence electrons. The summed E-state index contributed by atoms with van der Waals surface area (Å²) in [5.41, 5.74) is 1.30. The number of nitrogens with one attached hydrogen (secondary N) is 1. The standard InChI is InChI=1S/C21H32N2O2/c1-3-15-23(16-4-2)21(25)18-13-11-17(12-14-18)20(24)22-19-9-7-5-6-8-10-19/h11-14,19H,3-10,15-16H2,1-2H3,(H,22,24). The molecule has 4 nitrogen and oxygen atoms in total. The highest BCUT2D eigenvalue weighted by atomic mass is 16.2. The largest absolute Gasteiger partial charge is 0.349 e. The minimum Gasteiger partial charge on any atom is -0.349 e. The fourth-order valence-electron chi connectivity index (χ4n) is 3.49. The summed E-state index contributed by atoms with van der Waals surface area (Å²) in [6, 6.07) is 7.40. The molecule has 0 spiro atoms. The van der Waals surface area contributed by atoms with Gasteiger partial charge in [-0.1, -0.05) is 39.5 Å². The molecule has 1 aliphatic carbocycles. The van der Waals surface area contributed by atoms with E-state index in [2.05, 4.69) is 19.2 Å². The second-order valence-electron chi connectivity index (χ2n) is 7.03. The third-order valence-electron chi connectivity index (χ3n) is 4.86. The molecule has 0 radical (unpaired) electrons. The van der Waals surface area contributed by atoms with E-state index in [9.17, 15) is 9.59 Å². The molecule has 0 aliphatic heterocycles. The van der Waals surface area contributed by atoms with E-state index in [0.717, 1.165) is 38.8 Å². The Kier molecular flexibility index (Phi) is 7.96. The van der Waals surface area contributed by atoms with Gasteiger partial charge in [0.15, 0.2) is 0 Å². The monoisotopic (exact) mass is 344 g/mol. The lowest BCUT2D eigenvalue weighted by molar-refractivity contribution is 0.0755. The number of carbonyl (C=O) groups is 2. The molecule has 2 amide bonds. The minimum atomic E-state index is -0.0233. The van der Waals surface area contributed by atoms with Crippen molar-refractivity contribution in [3.8, 4) is 0 Å². The Morgan fingerprint density at radius 2 is 1.44 bits per heavy atom. The van der Waals surface area contributed by atoms with Crippen molar-refractivity contribution < 1.29 is 9.59 Å². The predicted octanol–water partition coefficient (Wildman–Crippen LogP) is 4.40. The maximum absolute atomic E-state index is 12.6. The van der Waals surface area contributed by atoms with Crippen molar-refractivity contribution in [3.05, 3.63) is 35.4 Å². The zero-order chi connectivity index (χ0) is 18.1. The minimum absolute atomic E-state index is 0.0233. The van der Waals surface area contributed by atoms with Crippen LogP contribution in [0, 0.1) is 0 Å². The van der Waals surface area contributed by atoms with Crippen LogP contribution in [0.4, 0.5) is 0 Å². The lowest BCUT2D eigenvalue weighted by atomic mass is 10.1. The number of carbonyl (C=O) groups excluding carboxylic acids is 2. The summed E-state index contributed by atoms with van der Waals surface area (Å²) in [7, 11) is 0. The SMILES string of the molecule is CCCN(CCC)C(=O)c1ccc(C(=O)NC2CCCCCC2)cc1. The number of amides is 2. The highest BCUT2D eigenvalue weighted by molar-refractivity contribution is 5.97. The summed E-state index contributed by atoms with van der Waals surface area (Å²) in [4.78, 5) is 26.9. The van der Waals surface area contributed by atoms with Crippen molar-refractivity contribution in [2.75, 3.05) is 13.1 Å². The van der Waals surface area contributed by atoms with Crippen LogP contribution in [0.15, 0.2) is 24.3 Å². The number of hydrogen-bond donors (Lipinski definition) is 1. The molecule has 25 heavy (non-hydrogen) atoms. The molecule has 0 heterocycles. The Morgan fingerprint density at radius 3 is 1.96 bits per heavy atom. The Bertz CT molecular complexity index is 540. The third kappa shape index (κ3) is 5.87. The van der Waals surface area contributed by atoms with E-state index < -0.39 is 0 Å². The quantitative estimate of drug-likeness (QED) is 0.745. The molecule has 0 unspecified atom stereocenters. The Hall–Kier alpha value is -1.84. The fraction of sp³-hybridized carbons (Fsp3) is 0.619. The maximum atomic E-state index is 12.6. The first-order chi connectivity index (χ1) is 12.2. The zero-order valence-electron chi connectivity index (χ0n) is 15.7. The van der Waals surface area contributed by atoms with E-state index in [-0.39, 0.29) is 11.8 Å². The summed E-state index contributed by atoms with van der Waals surface area (Å²) in [5, 5.41) is 3.15. The molecule has 0 saturated heterocycles. The molecule has 4 heteroatoms. The molecule has 0 bridgehead atoms. The summed E-state index contributed by atoms with van der Waals surface area (Å²) < 4.78 is 0. The van der Waals surface area contributed by atoms with Crippen LogP contribution in [0.25, 0.3) is 0 Å². The van der Waals surface area contributed by atoms with Gasteiger partial charge in [-0.05, 0) is 49.9 Å². The van der Waals surface area contributed by atoms with Gasteiger partial charge in [0.2, 0.25) is 0 Å². The Labute approximate surface area is 152 Å². The molecule has 1 N–H and O–H groups in total. The van der Waals surface area contributed by atoms with Crippen LogP contribution in [-0.4, -0.2) is 35.8 Å². The first kappa shape index (κ1) is 19.5. The molecule has 0 aromatic heterocycles. The van der Waals surface area contributed by atoms with E-state index in [1.165, 1.54) is 25.7 Å². The van der Waals surface area contributed by atoms with Crippen molar-refractivity contribution in [2.24, 2.45) is 0 Å². The van der Waals surface area contributed by atoms with Gasteiger partial charge in [-0.2, -0.15) is 0 Å². The van der Waals surface area contributed by atoms with Gasteiger partial charge < -0.3 is 10.2 Å². The van der Waals surface area contributed by atoms with Crippen molar-refractivity contribution in [1.29, 1.82) is 0 Å². The predicted molar refractivity (Wildman–Crippen MR) is 102 cm³/mol. The summed E-state index contributed by atoms with van der Waals surface area (Å²) in [5.74, 6) is 0.0318. The van der Waals surface area contributed by atoms with Crippen molar-refractivity contribution in [1.82, 2.24) is 10.2 Å². The van der Waals surface area contributed by atoms with E-state index in [0.29, 0.717) is 17.2 Å². The van der Waals surface area contributed by atoms with Crippen LogP contribution in [0.5, 0.6) is 0 Å². The van der Waals surface area contributed by atoms with Gasteiger partial charge in [-0.3, -0.25) is 9.59 Å². The van der Waals surface area contributed by atoms with Crippen molar-refractivity contribution in [2.45, 2.75) is 71.3 Å². The molecule has 1 saturated carbocycles. The van der Waals surface area contributed by atoms with E-state index in [1.807, 2.05) is 4.90 Å². The first-order valence-corrected chi connectivity index (χ1v) is 9.86. The number of rotatable bonds is 7. The summed E-state index contributed by atoms with van der Waals surface area (Å²) in [6.07, 6.45) is 8.99. The van der Waals surface area contributed by atoms with Crippen LogP contribution in [0.2, 0.25) is 0 Å². The first-order valence-electron chi connectivity index (χ1n) is 9.86. The lowest BCUT2D eigenvalue weighted by Crippen LogP contribution is -2.34. The van der Waals surface area contributed by atoms with Crippen LogP contribution < -0.4 is 5.32 Å². The van der Waals surface area contributed by atoms with Gasteiger partial charge in [0, 0.05) is 30.3 Å². The van der Waals surface area contributed by atoms with Crippen LogP contribution in [-0.2, 0) is 0 Å². The average molecular weight is 344 g/mol. The summed E-state index contributed by atoms with van der Waals surface area (Å²) >= 11 is 0. The van der Waals surface area contributed by atoms with Crippen molar-refractivity contribution in [3.63, 3.8) is 0 Å². The normalized spacial score (nSPS) is 15.4. The van der Waals surface area contributed by atoms with Gasteiger partial charge in [0.25, 0.3) is 11.8 Å². The highest BCUT2D eigenvalue weighted by Gasteiger charge is 2.17. The van der Waals surface area contributed by atoms with Gasteiger partial charge in [0.05, 0.1) is 0 Å². The second-order valence-corrected chi connectivity index (χ2v) is 7.03. The number of hydrogen-bond acceptors (Lipinski definition) is 2. The van der Waals surface area contributed by atoms with Gasteiger partial charge in [0.1, 0.15) is 0 Å². The topological polar surface area (TPSA) is 49.4 Å². The number of nitrogens with zero attached hydrogens (tertiary/aromatic N) is 1. The lowest BCUT2D eigenvalue weighted by Gasteiger charge is -2.21. The molecular weight excluding hydrogens is 312 g/mol. The van der Waals surface area contributed by atoms with E-state index >= 15 is 0 Å². The van der Waals surface area contributed by atoms with E-state index in [1.54, 1.807) is 24.3 Å². The smallest absolute Gasteiger partial charge is 0.253 e. The van der Waals surface area contributed by atoms with Gasteiger partial charge >= 0.3 is 0 Å². The van der Waals surface area contributed by atoms with Crippen molar-refractivity contribution >= 4 is 11.8 Å². The Morgan fingerprint density at radius 1 is 0.920 bits per heavy atom. The molecule has 1 fully saturated rings. The molecule has 2 rings (SSSR count). The zero-order valence-corrected chi connectivity index (χ0v) is 15.7. The number of benzene rings is 1. The second kappa shape index (κ2) is 10.2. The van der Waals surface area contributed by atoms with Gasteiger partial charge in [-0.15, -0.1) is 0 Å². The molecular formula is C21H32N2O2. The third-order valence-corrected chi connectivity index (χ3v) is 4.86. The van der Waals surface area contributed by atoms with Crippen LogP contribution in [0.3, 0.4) is 0 Å². The van der Waals surface area contributed by atoms with E-state index in [4.69, 9.17) is 0 Å². The molecule has 1 aromatic carbocycles. The molecule has 0 atom stereocenters.